The maximum absolute atomic E-state index is 10.9. The largest absolute Gasteiger partial charge is 0.475 e. The second kappa shape index (κ2) is 4.24. The number of pyridine rings is 1. The van der Waals surface area contributed by atoms with E-state index in [0.717, 1.165) is 11.1 Å². The summed E-state index contributed by atoms with van der Waals surface area (Å²) in [5.74, 6) is -1.19. The van der Waals surface area contributed by atoms with E-state index in [1.807, 2.05) is 37.3 Å². The fraction of sp³-hybridized carbons (Fsp3) is 0.0667. The first-order valence-electron chi connectivity index (χ1n) is 5.84. The van der Waals surface area contributed by atoms with Gasteiger partial charge in [-0.1, -0.05) is 29.8 Å². The Morgan fingerprint density at radius 1 is 1.21 bits per heavy atom. The average molecular weight is 253 g/mol. The van der Waals surface area contributed by atoms with Gasteiger partial charge in [-0.25, -0.2) is 9.78 Å². The van der Waals surface area contributed by atoms with Gasteiger partial charge in [0, 0.05) is 17.6 Å². The minimum atomic E-state index is -1.09. The number of aromatic carboxylic acids is 1. The molecule has 19 heavy (non-hydrogen) atoms. The molecule has 0 saturated carbocycles. The van der Waals surface area contributed by atoms with E-state index in [1.165, 1.54) is 11.6 Å². The molecule has 0 unspecified atom stereocenters. The van der Waals surface area contributed by atoms with Crippen LogP contribution in [0.2, 0.25) is 0 Å². The molecular weight excluding hydrogens is 242 g/mol. The Balaban J connectivity index is 2.23. The highest BCUT2D eigenvalue weighted by molar-refractivity contribution is 5.97. The monoisotopic (exact) mass is 253 g/mol. The third-order valence-corrected chi connectivity index (χ3v) is 3.01. The third-order valence-electron chi connectivity index (χ3n) is 3.01. The fourth-order valence-corrected chi connectivity index (χ4v) is 2.03. The molecule has 4 nitrogen and oxygen atoms in total. The lowest BCUT2D eigenvalue weighted by Gasteiger charge is -2.02. The van der Waals surface area contributed by atoms with E-state index in [2.05, 4.69) is 4.98 Å². The van der Waals surface area contributed by atoms with E-state index in [1.54, 1.807) is 6.20 Å². The number of furan rings is 1. The second-order valence-corrected chi connectivity index (χ2v) is 4.36. The van der Waals surface area contributed by atoms with Crippen LogP contribution in [-0.2, 0) is 0 Å². The van der Waals surface area contributed by atoms with Crippen molar-refractivity contribution in [1.29, 1.82) is 0 Å². The first-order valence-corrected chi connectivity index (χ1v) is 5.84. The molecule has 0 atom stereocenters. The van der Waals surface area contributed by atoms with Gasteiger partial charge < -0.3 is 9.52 Å². The van der Waals surface area contributed by atoms with Gasteiger partial charge in [-0.3, -0.25) is 0 Å². The number of rotatable bonds is 2. The summed E-state index contributed by atoms with van der Waals surface area (Å²) in [5, 5.41) is 9.67. The molecule has 94 valence electrons. The van der Waals surface area contributed by atoms with Crippen molar-refractivity contribution in [2.75, 3.05) is 0 Å². The van der Waals surface area contributed by atoms with Crippen molar-refractivity contribution in [3.8, 4) is 11.1 Å². The summed E-state index contributed by atoms with van der Waals surface area (Å²) in [6.07, 6.45) is 1.62. The number of hydrogen-bond acceptors (Lipinski definition) is 3. The number of fused-ring (bicyclic) bond motifs is 1. The van der Waals surface area contributed by atoms with Crippen LogP contribution in [-0.4, -0.2) is 16.1 Å². The SMILES string of the molecule is Cc1ccc(-c2ccnc3oc(C(=O)O)cc23)cc1. The summed E-state index contributed by atoms with van der Waals surface area (Å²) in [6.45, 7) is 2.02. The van der Waals surface area contributed by atoms with Crippen molar-refractivity contribution in [3.63, 3.8) is 0 Å². The number of carboxylic acids is 1. The van der Waals surface area contributed by atoms with Crippen molar-refractivity contribution >= 4 is 17.1 Å². The van der Waals surface area contributed by atoms with Gasteiger partial charge in [0.15, 0.2) is 0 Å². The number of benzene rings is 1. The highest BCUT2D eigenvalue weighted by atomic mass is 16.4. The molecule has 1 aromatic carbocycles. The summed E-state index contributed by atoms with van der Waals surface area (Å²) < 4.78 is 5.20. The van der Waals surface area contributed by atoms with Crippen LogP contribution in [0.4, 0.5) is 0 Å². The molecule has 1 N–H and O–H groups in total. The van der Waals surface area contributed by atoms with E-state index in [9.17, 15) is 4.79 Å². The Bertz CT molecular complexity index is 757. The molecule has 3 aromatic rings. The van der Waals surface area contributed by atoms with Crippen LogP contribution >= 0.6 is 0 Å². The standard InChI is InChI=1S/C15H11NO3/c1-9-2-4-10(5-3-9)11-6-7-16-14-12(11)8-13(19-14)15(17)18/h2-8H,1H3,(H,17,18). The maximum atomic E-state index is 10.9. The molecule has 0 fully saturated rings. The Morgan fingerprint density at radius 3 is 2.63 bits per heavy atom. The summed E-state index contributed by atoms with van der Waals surface area (Å²) in [5.41, 5.74) is 3.44. The lowest BCUT2D eigenvalue weighted by molar-refractivity contribution is 0.0664. The van der Waals surface area contributed by atoms with Crippen LogP contribution < -0.4 is 0 Å². The molecule has 0 amide bonds. The molecule has 0 aliphatic heterocycles. The Labute approximate surface area is 109 Å². The Morgan fingerprint density at radius 2 is 1.95 bits per heavy atom. The topological polar surface area (TPSA) is 63.3 Å². The highest BCUT2D eigenvalue weighted by Crippen LogP contribution is 2.29. The molecule has 4 heteroatoms. The van der Waals surface area contributed by atoms with Gasteiger partial charge in [0.1, 0.15) is 0 Å². The number of aryl methyl sites for hydroxylation is 1. The first-order chi connectivity index (χ1) is 9.15. The minimum absolute atomic E-state index is 0.0953. The number of aromatic nitrogens is 1. The molecule has 0 aliphatic rings. The molecule has 0 bridgehead atoms. The normalized spacial score (nSPS) is 10.8. The van der Waals surface area contributed by atoms with Crippen molar-refractivity contribution in [2.45, 2.75) is 6.92 Å². The van der Waals surface area contributed by atoms with Gasteiger partial charge in [-0.15, -0.1) is 0 Å². The molecule has 0 saturated heterocycles. The van der Waals surface area contributed by atoms with Crippen LogP contribution in [0, 0.1) is 6.92 Å². The molecule has 0 spiro atoms. The van der Waals surface area contributed by atoms with Crippen LogP contribution in [0.3, 0.4) is 0 Å². The zero-order valence-electron chi connectivity index (χ0n) is 10.3. The van der Waals surface area contributed by atoms with Gasteiger partial charge in [-0.05, 0) is 24.1 Å². The summed E-state index contributed by atoms with van der Waals surface area (Å²) in [7, 11) is 0. The van der Waals surface area contributed by atoms with E-state index in [0.29, 0.717) is 11.1 Å². The molecule has 0 aliphatic carbocycles. The molecule has 3 rings (SSSR count). The molecule has 2 aromatic heterocycles. The van der Waals surface area contributed by atoms with Crippen molar-refractivity contribution in [1.82, 2.24) is 4.98 Å². The van der Waals surface area contributed by atoms with Crippen molar-refractivity contribution < 1.29 is 14.3 Å². The van der Waals surface area contributed by atoms with Gasteiger partial charge in [0.25, 0.3) is 0 Å². The van der Waals surface area contributed by atoms with E-state index in [-0.39, 0.29) is 5.76 Å². The Kier molecular flexibility index (Phi) is 2.56. The Hall–Kier alpha value is -2.62. The molecule has 2 heterocycles. The third kappa shape index (κ3) is 1.97. The van der Waals surface area contributed by atoms with Crippen LogP contribution in [0.1, 0.15) is 16.1 Å². The lowest BCUT2D eigenvalue weighted by atomic mass is 10.0. The van der Waals surface area contributed by atoms with Gasteiger partial charge in [0.2, 0.25) is 11.5 Å². The molecular formula is C15H11NO3. The van der Waals surface area contributed by atoms with Gasteiger partial charge in [-0.2, -0.15) is 0 Å². The fourth-order valence-electron chi connectivity index (χ4n) is 2.03. The number of carbonyl (C=O) groups is 1. The average Bonchev–Trinajstić information content (AvgIpc) is 2.83. The first kappa shape index (κ1) is 11.5. The molecule has 0 radical (unpaired) electrons. The van der Waals surface area contributed by atoms with Crippen LogP contribution in [0.15, 0.2) is 47.0 Å². The lowest BCUT2D eigenvalue weighted by Crippen LogP contribution is -1.91. The van der Waals surface area contributed by atoms with Crippen LogP contribution in [0.5, 0.6) is 0 Å². The van der Waals surface area contributed by atoms with Crippen molar-refractivity contribution in [3.05, 3.63) is 53.9 Å². The summed E-state index contributed by atoms with van der Waals surface area (Å²) in [4.78, 5) is 15.0. The van der Waals surface area contributed by atoms with Crippen molar-refractivity contribution in [2.24, 2.45) is 0 Å². The summed E-state index contributed by atoms with van der Waals surface area (Å²) >= 11 is 0. The van der Waals surface area contributed by atoms with E-state index >= 15 is 0 Å². The quantitative estimate of drug-likeness (QED) is 0.759. The summed E-state index contributed by atoms with van der Waals surface area (Å²) in [6, 6.07) is 11.4. The van der Waals surface area contributed by atoms with E-state index in [4.69, 9.17) is 9.52 Å². The maximum Gasteiger partial charge on any atom is 0.371 e. The number of nitrogens with zero attached hydrogens (tertiary/aromatic N) is 1. The van der Waals surface area contributed by atoms with E-state index < -0.39 is 5.97 Å². The minimum Gasteiger partial charge on any atom is -0.475 e. The smallest absolute Gasteiger partial charge is 0.371 e. The van der Waals surface area contributed by atoms with Crippen LogP contribution in [0.25, 0.3) is 22.2 Å². The van der Waals surface area contributed by atoms with Gasteiger partial charge >= 0.3 is 5.97 Å². The highest BCUT2D eigenvalue weighted by Gasteiger charge is 2.14. The second-order valence-electron chi connectivity index (χ2n) is 4.36. The van der Waals surface area contributed by atoms with Gasteiger partial charge in [0.05, 0.1) is 0 Å². The number of hydrogen-bond donors (Lipinski definition) is 1. The predicted molar refractivity (Wildman–Crippen MR) is 71.1 cm³/mol. The number of carboxylic acid groups (broad SMARTS) is 1. The zero-order valence-corrected chi connectivity index (χ0v) is 10.3. The predicted octanol–water partition coefficient (Wildman–Crippen LogP) is 3.50. The zero-order chi connectivity index (χ0) is 13.4.